The van der Waals surface area contributed by atoms with E-state index < -0.39 is 0 Å². The molecule has 0 saturated carbocycles. The third-order valence-electron chi connectivity index (χ3n) is 2.93. The Labute approximate surface area is 112 Å². The van der Waals surface area contributed by atoms with Crippen LogP contribution in [0.4, 0.5) is 5.13 Å². The molecule has 0 aliphatic rings. The van der Waals surface area contributed by atoms with Crippen LogP contribution in [0.15, 0.2) is 24.3 Å². The maximum atomic E-state index is 5.53. The van der Waals surface area contributed by atoms with E-state index in [4.69, 9.17) is 5.73 Å². The molecule has 0 aliphatic carbocycles. The number of anilines is 1. The van der Waals surface area contributed by atoms with Crippen LogP contribution in [-0.2, 0) is 13.0 Å². The van der Waals surface area contributed by atoms with Crippen molar-refractivity contribution < 1.29 is 0 Å². The summed E-state index contributed by atoms with van der Waals surface area (Å²) in [5, 5.41) is 4.35. The molecule has 0 atom stereocenters. The summed E-state index contributed by atoms with van der Waals surface area (Å²) in [4.78, 5) is 5.74. The van der Waals surface area contributed by atoms with E-state index in [9.17, 15) is 0 Å². The fourth-order valence-electron chi connectivity index (χ4n) is 1.72. The zero-order valence-electron chi connectivity index (χ0n) is 10.9. The molecule has 0 radical (unpaired) electrons. The lowest BCUT2D eigenvalue weighted by Crippen LogP contribution is -2.03. The Morgan fingerprint density at radius 2 is 1.83 bits per heavy atom. The van der Waals surface area contributed by atoms with Crippen LogP contribution in [0.3, 0.4) is 0 Å². The molecule has 3 N–H and O–H groups in total. The molecule has 2 rings (SSSR count). The molecule has 3 nitrogen and oxygen atoms in total. The van der Waals surface area contributed by atoms with Crippen molar-refractivity contribution in [3.05, 3.63) is 46.0 Å². The second kappa shape index (κ2) is 5.98. The smallest absolute Gasteiger partial charge is 0.183 e. The number of benzene rings is 1. The quantitative estimate of drug-likeness (QED) is 0.870. The summed E-state index contributed by atoms with van der Waals surface area (Å²) in [5.74, 6) is 0. The number of aryl methyl sites for hydroxylation is 2. The molecule has 0 spiro atoms. The number of hydrogen-bond donors (Lipinski definition) is 2. The maximum absolute atomic E-state index is 5.53. The SMILES string of the molecule is Cc1nc(NCc2ccc(CCN)cc2)sc1C. The van der Waals surface area contributed by atoms with Gasteiger partial charge in [-0.25, -0.2) is 4.98 Å². The Balaban J connectivity index is 1.93. The van der Waals surface area contributed by atoms with E-state index in [0.29, 0.717) is 6.54 Å². The van der Waals surface area contributed by atoms with E-state index in [2.05, 4.69) is 41.5 Å². The Morgan fingerprint density at radius 1 is 1.17 bits per heavy atom. The van der Waals surface area contributed by atoms with Crippen LogP contribution in [0.25, 0.3) is 0 Å². The van der Waals surface area contributed by atoms with Gasteiger partial charge in [-0.1, -0.05) is 24.3 Å². The van der Waals surface area contributed by atoms with Crippen molar-refractivity contribution in [1.82, 2.24) is 4.98 Å². The summed E-state index contributed by atoms with van der Waals surface area (Å²) in [6.45, 7) is 5.66. The molecule has 1 heterocycles. The first-order valence-electron chi connectivity index (χ1n) is 6.15. The molecule has 4 heteroatoms. The van der Waals surface area contributed by atoms with Crippen LogP contribution in [0.5, 0.6) is 0 Å². The Hall–Kier alpha value is -1.39. The Morgan fingerprint density at radius 3 is 2.39 bits per heavy atom. The molecular formula is C14H19N3S. The third-order valence-corrected chi connectivity index (χ3v) is 3.96. The predicted octanol–water partition coefficient (Wildman–Crippen LogP) is 2.87. The van der Waals surface area contributed by atoms with Crippen molar-refractivity contribution in [2.45, 2.75) is 26.8 Å². The van der Waals surface area contributed by atoms with Crippen LogP contribution < -0.4 is 11.1 Å². The minimum Gasteiger partial charge on any atom is -0.357 e. The van der Waals surface area contributed by atoms with E-state index in [0.717, 1.165) is 23.8 Å². The number of nitrogens with zero attached hydrogens (tertiary/aromatic N) is 1. The third kappa shape index (κ3) is 3.31. The molecule has 2 aromatic rings. The van der Waals surface area contributed by atoms with Gasteiger partial charge in [-0.2, -0.15) is 0 Å². The highest BCUT2D eigenvalue weighted by Gasteiger charge is 2.02. The van der Waals surface area contributed by atoms with E-state index in [1.165, 1.54) is 16.0 Å². The number of nitrogens with two attached hydrogens (primary N) is 1. The highest BCUT2D eigenvalue weighted by molar-refractivity contribution is 7.15. The second-order valence-electron chi connectivity index (χ2n) is 4.37. The zero-order valence-corrected chi connectivity index (χ0v) is 11.7. The van der Waals surface area contributed by atoms with E-state index in [-0.39, 0.29) is 0 Å². The average molecular weight is 261 g/mol. The van der Waals surface area contributed by atoms with Gasteiger partial charge in [0.2, 0.25) is 0 Å². The molecular weight excluding hydrogens is 242 g/mol. The normalized spacial score (nSPS) is 10.6. The molecule has 0 amide bonds. The van der Waals surface area contributed by atoms with Gasteiger partial charge < -0.3 is 11.1 Å². The molecule has 1 aromatic carbocycles. The number of rotatable bonds is 5. The molecule has 96 valence electrons. The lowest BCUT2D eigenvalue weighted by atomic mass is 10.1. The first kappa shape index (κ1) is 13.1. The molecule has 0 saturated heterocycles. The largest absolute Gasteiger partial charge is 0.357 e. The van der Waals surface area contributed by atoms with Crippen LogP contribution in [-0.4, -0.2) is 11.5 Å². The van der Waals surface area contributed by atoms with Gasteiger partial charge in [0, 0.05) is 11.4 Å². The van der Waals surface area contributed by atoms with Crippen LogP contribution in [0.2, 0.25) is 0 Å². The van der Waals surface area contributed by atoms with Crippen molar-refractivity contribution in [1.29, 1.82) is 0 Å². The van der Waals surface area contributed by atoms with Gasteiger partial charge in [0.05, 0.1) is 5.69 Å². The lowest BCUT2D eigenvalue weighted by molar-refractivity contribution is 0.966. The van der Waals surface area contributed by atoms with Crippen LogP contribution in [0.1, 0.15) is 21.7 Å². The van der Waals surface area contributed by atoms with Crippen molar-refractivity contribution in [3.8, 4) is 0 Å². The number of hydrogen-bond acceptors (Lipinski definition) is 4. The van der Waals surface area contributed by atoms with Crippen molar-refractivity contribution in [2.75, 3.05) is 11.9 Å². The maximum Gasteiger partial charge on any atom is 0.183 e. The monoisotopic (exact) mass is 261 g/mol. The summed E-state index contributed by atoms with van der Waals surface area (Å²) in [6, 6.07) is 8.57. The van der Waals surface area contributed by atoms with Gasteiger partial charge >= 0.3 is 0 Å². The number of aromatic nitrogens is 1. The van der Waals surface area contributed by atoms with Crippen LogP contribution in [0, 0.1) is 13.8 Å². The van der Waals surface area contributed by atoms with Crippen molar-refractivity contribution in [3.63, 3.8) is 0 Å². The topological polar surface area (TPSA) is 50.9 Å². The molecule has 18 heavy (non-hydrogen) atoms. The molecule has 0 unspecified atom stereocenters. The second-order valence-corrected chi connectivity index (χ2v) is 5.57. The molecule has 1 aromatic heterocycles. The first-order chi connectivity index (χ1) is 8.69. The summed E-state index contributed by atoms with van der Waals surface area (Å²) < 4.78 is 0. The molecule has 0 fully saturated rings. The first-order valence-corrected chi connectivity index (χ1v) is 6.96. The predicted molar refractivity (Wildman–Crippen MR) is 78.1 cm³/mol. The number of nitrogens with one attached hydrogen (secondary N) is 1. The summed E-state index contributed by atoms with van der Waals surface area (Å²) >= 11 is 1.71. The average Bonchev–Trinajstić information content (AvgIpc) is 2.68. The Kier molecular flexibility index (Phi) is 4.33. The van der Waals surface area contributed by atoms with E-state index in [1.54, 1.807) is 11.3 Å². The fourth-order valence-corrected chi connectivity index (χ4v) is 2.53. The van der Waals surface area contributed by atoms with Crippen molar-refractivity contribution >= 4 is 16.5 Å². The summed E-state index contributed by atoms with van der Waals surface area (Å²) in [6.07, 6.45) is 0.943. The van der Waals surface area contributed by atoms with E-state index in [1.807, 2.05) is 6.92 Å². The van der Waals surface area contributed by atoms with Crippen molar-refractivity contribution in [2.24, 2.45) is 5.73 Å². The summed E-state index contributed by atoms with van der Waals surface area (Å²) in [5.41, 5.74) is 9.20. The Bertz CT molecular complexity index is 483. The highest BCUT2D eigenvalue weighted by Crippen LogP contribution is 2.21. The van der Waals surface area contributed by atoms with Gasteiger partial charge in [-0.15, -0.1) is 11.3 Å². The van der Waals surface area contributed by atoms with E-state index >= 15 is 0 Å². The van der Waals surface area contributed by atoms with Gasteiger partial charge in [-0.05, 0) is 37.9 Å². The standard InChI is InChI=1S/C14H19N3S/c1-10-11(2)18-14(17-10)16-9-13-5-3-12(4-6-13)7-8-15/h3-6H,7-9,15H2,1-2H3,(H,16,17). The summed E-state index contributed by atoms with van der Waals surface area (Å²) in [7, 11) is 0. The highest BCUT2D eigenvalue weighted by atomic mass is 32.1. The zero-order chi connectivity index (χ0) is 13.0. The van der Waals surface area contributed by atoms with Gasteiger partial charge in [-0.3, -0.25) is 0 Å². The van der Waals surface area contributed by atoms with Gasteiger partial charge in [0.1, 0.15) is 0 Å². The molecule has 0 aliphatic heterocycles. The van der Waals surface area contributed by atoms with Crippen LogP contribution >= 0.6 is 11.3 Å². The minimum absolute atomic E-state index is 0.704. The lowest BCUT2D eigenvalue weighted by Gasteiger charge is -2.04. The molecule has 0 bridgehead atoms. The minimum atomic E-state index is 0.704. The van der Waals surface area contributed by atoms with Gasteiger partial charge in [0.15, 0.2) is 5.13 Å². The fraction of sp³-hybridized carbons (Fsp3) is 0.357. The van der Waals surface area contributed by atoms with Gasteiger partial charge in [0.25, 0.3) is 0 Å². The number of thiazole rings is 1.